The van der Waals surface area contributed by atoms with Crippen molar-refractivity contribution in [1.29, 1.82) is 0 Å². The number of amides is 2. The zero-order valence-electron chi connectivity index (χ0n) is 13.0. The van der Waals surface area contributed by atoms with Crippen molar-refractivity contribution in [3.63, 3.8) is 0 Å². The molecule has 1 aromatic heterocycles. The lowest BCUT2D eigenvalue weighted by Gasteiger charge is -2.23. The molecule has 0 aromatic carbocycles. The van der Waals surface area contributed by atoms with Gasteiger partial charge in [-0.1, -0.05) is 39.0 Å². The molecule has 2 heterocycles. The Labute approximate surface area is 133 Å². The second-order valence-electron chi connectivity index (χ2n) is 6.06. The highest BCUT2D eigenvalue weighted by Gasteiger charge is 2.37. The van der Waals surface area contributed by atoms with Crippen LogP contribution in [-0.4, -0.2) is 50.8 Å². The molecule has 2 rings (SSSR count). The van der Waals surface area contributed by atoms with Gasteiger partial charge in [-0.3, -0.25) is 0 Å². The first-order chi connectivity index (χ1) is 9.73. The van der Waals surface area contributed by atoms with E-state index in [-0.39, 0.29) is 16.0 Å². The molecular weight excluding hydrogens is 308 g/mol. The van der Waals surface area contributed by atoms with Gasteiger partial charge in [-0.25, -0.2) is 9.69 Å². The fourth-order valence-electron chi connectivity index (χ4n) is 2.11. The van der Waals surface area contributed by atoms with E-state index in [0.717, 1.165) is 11.4 Å². The molecule has 0 spiro atoms. The van der Waals surface area contributed by atoms with Crippen molar-refractivity contribution in [1.82, 2.24) is 15.1 Å². The SMILES string of the molecule is CCC(SC(C)(C)C)c1nnc(N2C(=O)N(C)CC2O)s1. The number of carbonyl (C=O) groups is 1. The number of urea groups is 1. The van der Waals surface area contributed by atoms with Crippen LogP contribution in [0.25, 0.3) is 0 Å². The molecule has 8 heteroatoms. The van der Waals surface area contributed by atoms with E-state index < -0.39 is 6.23 Å². The van der Waals surface area contributed by atoms with Gasteiger partial charge < -0.3 is 10.0 Å². The second kappa shape index (κ2) is 6.10. The zero-order chi connectivity index (χ0) is 15.8. The van der Waals surface area contributed by atoms with Gasteiger partial charge in [0.05, 0.1) is 11.8 Å². The van der Waals surface area contributed by atoms with E-state index >= 15 is 0 Å². The first kappa shape index (κ1) is 16.5. The molecule has 0 saturated carbocycles. The van der Waals surface area contributed by atoms with Crippen molar-refractivity contribution in [3.8, 4) is 0 Å². The number of likely N-dealkylation sites (N-methyl/N-ethyl adjacent to an activating group) is 1. The van der Waals surface area contributed by atoms with Crippen molar-refractivity contribution >= 4 is 34.3 Å². The molecule has 0 radical (unpaired) electrons. The van der Waals surface area contributed by atoms with Crippen molar-refractivity contribution in [2.75, 3.05) is 18.5 Å². The van der Waals surface area contributed by atoms with Gasteiger partial charge in [-0.05, 0) is 6.42 Å². The quantitative estimate of drug-likeness (QED) is 0.919. The highest BCUT2D eigenvalue weighted by atomic mass is 32.2. The number of hydrogen-bond acceptors (Lipinski definition) is 6. The molecule has 2 atom stereocenters. The summed E-state index contributed by atoms with van der Waals surface area (Å²) in [5, 5.41) is 19.9. The Bertz CT molecular complexity index is 515. The molecule has 0 bridgehead atoms. The second-order valence-corrected chi connectivity index (χ2v) is 9.08. The molecule has 21 heavy (non-hydrogen) atoms. The summed E-state index contributed by atoms with van der Waals surface area (Å²) in [5.74, 6) is 0. The summed E-state index contributed by atoms with van der Waals surface area (Å²) in [5.41, 5.74) is 0. The molecule has 1 aliphatic heterocycles. The largest absolute Gasteiger partial charge is 0.371 e. The minimum absolute atomic E-state index is 0.135. The molecule has 1 N–H and O–H groups in total. The van der Waals surface area contributed by atoms with Gasteiger partial charge >= 0.3 is 6.03 Å². The maximum Gasteiger partial charge on any atom is 0.328 e. The van der Waals surface area contributed by atoms with Crippen LogP contribution in [-0.2, 0) is 0 Å². The monoisotopic (exact) mass is 330 g/mol. The Balaban J connectivity index is 2.19. The number of aliphatic hydroxyl groups excluding tert-OH is 1. The number of β-amino-alcohol motifs (C(OH)–C–C–N with tert-alkyl or cyclic N) is 1. The molecule has 0 aliphatic carbocycles. The number of carbonyl (C=O) groups excluding carboxylic acids is 1. The number of hydrogen-bond donors (Lipinski definition) is 1. The van der Waals surface area contributed by atoms with E-state index in [4.69, 9.17) is 0 Å². The number of thioether (sulfide) groups is 1. The molecular formula is C13H22N4O2S2. The molecule has 2 unspecified atom stereocenters. The lowest BCUT2D eigenvalue weighted by atomic mass is 10.3. The summed E-state index contributed by atoms with van der Waals surface area (Å²) in [6, 6.07) is -0.235. The van der Waals surface area contributed by atoms with Crippen LogP contribution < -0.4 is 4.90 Å². The number of nitrogens with zero attached hydrogens (tertiary/aromatic N) is 4. The van der Waals surface area contributed by atoms with Gasteiger partial charge in [-0.15, -0.1) is 22.0 Å². The van der Waals surface area contributed by atoms with Crippen LogP contribution in [0, 0.1) is 0 Å². The number of aliphatic hydroxyl groups is 1. The predicted octanol–water partition coefficient (Wildman–Crippen LogP) is 2.71. The Morgan fingerprint density at radius 1 is 1.48 bits per heavy atom. The minimum atomic E-state index is -0.848. The van der Waals surface area contributed by atoms with Crippen LogP contribution in [0.2, 0.25) is 0 Å². The van der Waals surface area contributed by atoms with Gasteiger partial charge in [0.1, 0.15) is 5.01 Å². The first-order valence-electron chi connectivity index (χ1n) is 6.96. The summed E-state index contributed by atoms with van der Waals surface area (Å²) < 4.78 is 0.135. The van der Waals surface area contributed by atoms with Crippen LogP contribution in [0.5, 0.6) is 0 Å². The Morgan fingerprint density at radius 2 is 2.14 bits per heavy atom. The van der Waals surface area contributed by atoms with E-state index in [1.165, 1.54) is 21.1 Å². The number of anilines is 1. The van der Waals surface area contributed by atoms with Crippen LogP contribution in [0.15, 0.2) is 0 Å². The van der Waals surface area contributed by atoms with Crippen LogP contribution >= 0.6 is 23.1 Å². The van der Waals surface area contributed by atoms with Crippen LogP contribution in [0.1, 0.15) is 44.4 Å². The minimum Gasteiger partial charge on any atom is -0.371 e. The third-order valence-electron chi connectivity index (χ3n) is 3.05. The zero-order valence-corrected chi connectivity index (χ0v) is 14.7. The van der Waals surface area contributed by atoms with Crippen LogP contribution in [0.4, 0.5) is 9.93 Å². The lowest BCUT2D eigenvalue weighted by molar-refractivity contribution is 0.183. The maximum atomic E-state index is 12.0. The predicted molar refractivity (Wildman–Crippen MR) is 86.8 cm³/mol. The average Bonchev–Trinajstić information content (AvgIpc) is 2.92. The molecule has 1 fully saturated rings. The van der Waals surface area contributed by atoms with Crippen LogP contribution in [0.3, 0.4) is 0 Å². The Morgan fingerprint density at radius 3 is 2.62 bits per heavy atom. The molecule has 6 nitrogen and oxygen atoms in total. The number of aromatic nitrogens is 2. The molecule has 118 valence electrons. The maximum absolute atomic E-state index is 12.0. The summed E-state index contributed by atoms with van der Waals surface area (Å²) >= 11 is 3.23. The van der Waals surface area contributed by atoms with E-state index in [0.29, 0.717) is 11.7 Å². The van der Waals surface area contributed by atoms with Gasteiger partial charge in [0.15, 0.2) is 6.23 Å². The van der Waals surface area contributed by atoms with Crippen molar-refractivity contribution in [2.45, 2.75) is 50.3 Å². The van der Waals surface area contributed by atoms with Gasteiger partial charge in [0, 0.05) is 11.8 Å². The fraction of sp³-hybridized carbons (Fsp3) is 0.769. The summed E-state index contributed by atoms with van der Waals surface area (Å²) in [4.78, 5) is 14.8. The van der Waals surface area contributed by atoms with E-state index in [1.807, 2.05) is 11.8 Å². The first-order valence-corrected chi connectivity index (χ1v) is 8.66. The van der Waals surface area contributed by atoms with Crippen molar-refractivity contribution in [3.05, 3.63) is 5.01 Å². The van der Waals surface area contributed by atoms with Gasteiger partial charge in [0.2, 0.25) is 5.13 Å². The fourth-order valence-corrected chi connectivity index (χ4v) is 4.52. The summed E-state index contributed by atoms with van der Waals surface area (Å²) in [6.45, 7) is 8.93. The highest BCUT2D eigenvalue weighted by Crippen LogP contribution is 2.42. The normalized spacial score (nSPS) is 21.2. The lowest BCUT2D eigenvalue weighted by Crippen LogP contribution is -2.34. The highest BCUT2D eigenvalue weighted by molar-refractivity contribution is 8.00. The van der Waals surface area contributed by atoms with E-state index in [9.17, 15) is 9.90 Å². The average molecular weight is 330 g/mol. The van der Waals surface area contributed by atoms with E-state index in [1.54, 1.807) is 7.05 Å². The molecule has 2 amide bonds. The molecule has 1 aliphatic rings. The van der Waals surface area contributed by atoms with Crippen molar-refractivity contribution < 1.29 is 9.90 Å². The Kier molecular flexibility index (Phi) is 4.79. The van der Waals surface area contributed by atoms with Crippen molar-refractivity contribution in [2.24, 2.45) is 0 Å². The summed E-state index contributed by atoms with van der Waals surface area (Å²) in [6.07, 6.45) is 0.103. The van der Waals surface area contributed by atoms with E-state index in [2.05, 4.69) is 37.9 Å². The van der Waals surface area contributed by atoms with Gasteiger partial charge in [-0.2, -0.15) is 0 Å². The standard InChI is InChI=1S/C13H22N4O2S2/c1-6-8(21-13(2,3)4)10-14-15-11(20-10)17-9(18)7-16(5)12(17)19/h8-9,18H,6-7H2,1-5H3. The van der Waals surface area contributed by atoms with Gasteiger partial charge in [0.25, 0.3) is 0 Å². The third kappa shape index (κ3) is 3.67. The topological polar surface area (TPSA) is 69.6 Å². The number of rotatable bonds is 4. The smallest absolute Gasteiger partial charge is 0.328 e. The molecule has 1 aromatic rings. The summed E-state index contributed by atoms with van der Waals surface area (Å²) in [7, 11) is 1.66. The Hall–Kier alpha value is -0.860. The molecule has 1 saturated heterocycles. The third-order valence-corrected chi connectivity index (χ3v) is 5.78.